The lowest BCUT2D eigenvalue weighted by Gasteiger charge is -2.25. The number of carbonyl (C=O) groups is 1. The quantitative estimate of drug-likeness (QED) is 0.851. The van der Waals surface area contributed by atoms with E-state index in [0.29, 0.717) is 5.92 Å². The molecule has 106 valence electrons. The van der Waals surface area contributed by atoms with E-state index >= 15 is 0 Å². The van der Waals surface area contributed by atoms with Crippen LogP contribution in [0.25, 0.3) is 0 Å². The minimum atomic E-state index is -0.195. The van der Waals surface area contributed by atoms with E-state index in [1.165, 1.54) is 5.56 Å². The fourth-order valence-corrected chi connectivity index (χ4v) is 2.24. The van der Waals surface area contributed by atoms with Gasteiger partial charge in [0.2, 0.25) is 5.91 Å². The Morgan fingerprint density at radius 2 is 1.74 bits per heavy atom. The number of amides is 1. The predicted octanol–water partition coefficient (Wildman–Crippen LogP) is 3.48. The van der Waals surface area contributed by atoms with Crippen molar-refractivity contribution in [1.29, 1.82) is 0 Å². The van der Waals surface area contributed by atoms with Crippen molar-refractivity contribution in [3.8, 4) is 0 Å². The number of rotatable bonds is 6. The number of hydrogen-bond donors (Lipinski definition) is 1. The monoisotopic (exact) mass is 262 g/mol. The molecule has 1 aromatic rings. The van der Waals surface area contributed by atoms with Gasteiger partial charge in [-0.15, -0.1) is 0 Å². The zero-order valence-corrected chi connectivity index (χ0v) is 12.7. The maximum absolute atomic E-state index is 12.3. The first-order valence-electron chi connectivity index (χ1n) is 7.15. The van der Waals surface area contributed by atoms with Gasteiger partial charge in [-0.2, -0.15) is 0 Å². The summed E-state index contributed by atoms with van der Waals surface area (Å²) in [5.41, 5.74) is 2.31. The Bertz CT molecular complexity index is 411. The SMILES string of the molecule is CCN(CC)C(=O)C(C)Nc1ccccc1C(C)C. The molecule has 3 heteroatoms. The van der Waals surface area contributed by atoms with Crippen molar-refractivity contribution in [2.45, 2.75) is 46.6 Å². The predicted molar refractivity (Wildman–Crippen MR) is 81.5 cm³/mol. The molecular weight excluding hydrogens is 236 g/mol. The van der Waals surface area contributed by atoms with Crippen molar-refractivity contribution < 1.29 is 4.79 Å². The Morgan fingerprint density at radius 1 is 1.16 bits per heavy atom. The van der Waals surface area contributed by atoms with Crippen molar-refractivity contribution in [1.82, 2.24) is 4.90 Å². The van der Waals surface area contributed by atoms with E-state index < -0.39 is 0 Å². The van der Waals surface area contributed by atoms with Crippen LogP contribution >= 0.6 is 0 Å². The number of likely N-dealkylation sites (N-methyl/N-ethyl adjacent to an activating group) is 1. The highest BCUT2D eigenvalue weighted by Gasteiger charge is 2.19. The fourth-order valence-electron chi connectivity index (χ4n) is 2.24. The van der Waals surface area contributed by atoms with E-state index in [1.807, 2.05) is 43.9 Å². The summed E-state index contributed by atoms with van der Waals surface area (Å²) in [4.78, 5) is 14.1. The van der Waals surface area contributed by atoms with Gasteiger partial charge in [-0.05, 0) is 38.3 Å². The molecule has 19 heavy (non-hydrogen) atoms. The van der Waals surface area contributed by atoms with Crippen molar-refractivity contribution in [3.05, 3.63) is 29.8 Å². The number of hydrogen-bond acceptors (Lipinski definition) is 2. The first-order chi connectivity index (χ1) is 9.01. The molecule has 1 atom stereocenters. The summed E-state index contributed by atoms with van der Waals surface area (Å²) in [6, 6.07) is 8.00. The van der Waals surface area contributed by atoms with Gasteiger partial charge in [0.1, 0.15) is 6.04 Å². The van der Waals surface area contributed by atoms with Crippen LogP contribution in [-0.4, -0.2) is 29.9 Å². The number of anilines is 1. The summed E-state index contributed by atoms with van der Waals surface area (Å²) in [6.07, 6.45) is 0. The number of benzene rings is 1. The summed E-state index contributed by atoms with van der Waals surface area (Å²) in [5.74, 6) is 0.600. The first kappa shape index (κ1) is 15.5. The average molecular weight is 262 g/mol. The molecule has 3 nitrogen and oxygen atoms in total. The second kappa shape index (κ2) is 7.17. The maximum Gasteiger partial charge on any atom is 0.244 e. The molecule has 1 unspecified atom stereocenters. The molecule has 0 fully saturated rings. The molecule has 0 aliphatic heterocycles. The van der Waals surface area contributed by atoms with Gasteiger partial charge in [0.15, 0.2) is 0 Å². The van der Waals surface area contributed by atoms with Crippen LogP contribution in [0.4, 0.5) is 5.69 Å². The van der Waals surface area contributed by atoms with Crippen molar-refractivity contribution in [2.75, 3.05) is 18.4 Å². The van der Waals surface area contributed by atoms with Gasteiger partial charge < -0.3 is 10.2 Å². The third-order valence-electron chi connectivity index (χ3n) is 3.40. The zero-order valence-electron chi connectivity index (χ0n) is 12.7. The van der Waals surface area contributed by atoms with Gasteiger partial charge in [-0.3, -0.25) is 4.79 Å². The second-order valence-electron chi connectivity index (χ2n) is 5.12. The molecule has 0 aliphatic rings. The first-order valence-corrected chi connectivity index (χ1v) is 7.15. The van der Waals surface area contributed by atoms with Crippen LogP contribution in [0.15, 0.2) is 24.3 Å². The fraction of sp³-hybridized carbons (Fsp3) is 0.562. The molecule has 0 spiro atoms. The Labute approximate surface area is 117 Å². The molecule has 0 aliphatic carbocycles. The van der Waals surface area contributed by atoms with Gasteiger partial charge >= 0.3 is 0 Å². The summed E-state index contributed by atoms with van der Waals surface area (Å²) >= 11 is 0. The highest BCUT2D eigenvalue weighted by Crippen LogP contribution is 2.24. The maximum atomic E-state index is 12.3. The van der Waals surface area contributed by atoms with Crippen LogP contribution in [0.5, 0.6) is 0 Å². The van der Waals surface area contributed by atoms with Crippen molar-refractivity contribution in [3.63, 3.8) is 0 Å². The minimum Gasteiger partial charge on any atom is -0.374 e. The van der Waals surface area contributed by atoms with Gasteiger partial charge in [0.05, 0.1) is 0 Å². The van der Waals surface area contributed by atoms with Crippen LogP contribution in [0.3, 0.4) is 0 Å². The highest BCUT2D eigenvalue weighted by molar-refractivity contribution is 5.84. The number of nitrogens with one attached hydrogen (secondary N) is 1. The Kier molecular flexibility index (Phi) is 5.87. The summed E-state index contributed by atoms with van der Waals surface area (Å²) < 4.78 is 0. The number of carbonyl (C=O) groups excluding carboxylic acids is 1. The molecule has 0 saturated heterocycles. The molecule has 1 N–H and O–H groups in total. The van der Waals surface area contributed by atoms with Crippen molar-refractivity contribution >= 4 is 11.6 Å². The largest absolute Gasteiger partial charge is 0.374 e. The molecule has 0 saturated carbocycles. The Balaban J connectivity index is 2.82. The lowest BCUT2D eigenvalue weighted by molar-refractivity contribution is -0.131. The Hall–Kier alpha value is -1.51. The molecule has 0 bridgehead atoms. The van der Waals surface area contributed by atoms with Crippen LogP contribution < -0.4 is 5.32 Å². The topological polar surface area (TPSA) is 32.3 Å². The lowest BCUT2D eigenvalue weighted by Crippen LogP contribution is -2.41. The normalized spacial score (nSPS) is 12.3. The van der Waals surface area contributed by atoms with Crippen LogP contribution in [0.2, 0.25) is 0 Å². The second-order valence-corrected chi connectivity index (χ2v) is 5.12. The molecule has 1 aromatic carbocycles. The van der Waals surface area contributed by atoms with Crippen molar-refractivity contribution in [2.24, 2.45) is 0 Å². The van der Waals surface area contributed by atoms with Gasteiger partial charge in [0, 0.05) is 18.8 Å². The van der Waals surface area contributed by atoms with Crippen LogP contribution in [0.1, 0.15) is 46.1 Å². The van der Waals surface area contributed by atoms with E-state index in [0.717, 1.165) is 18.8 Å². The van der Waals surface area contributed by atoms with Crippen LogP contribution in [-0.2, 0) is 4.79 Å². The van der Waals surface area contributed by atoms with E-state index in [9.17, 15) is 4.79 Å². The minimum absolute atomic E-state index is 0.156. The number of nitrogens with zero attached hydrogens (tertiary/aromatic N) is 1. The summed E-state index contributed by atoms with van der Waals surface area (Å²) in [5, 5.41) is 3.35. The van der Waals surface area contributed by atoms with E-state index in [1.54, 1.807) is 0 Å². The smallest absolute Gasteiger partial charge is 0.244 e. The molecule has 0 heterocycles. The molecular formula is C16H26N2O. The molecule has 1 amide bonds. The van der Waals surface area contributed by atoms with E-state index in [2.05, 4.69) is 25.2 Å². The highest BCUT2D eigenvalue weighted by atomic mass is 16.2. The van der Waals surface area contributed by atoms with E-state index in [-0.39, 0.29) is 11.9 Å². The van der Waals surface area contributed by atoms with Gasteiger partial charge in [-0.1, -0.05) is 32.0 Å². The average Bonchev–Trinajstić information content (AvgIpc) is 2.40. The third kappa shape index (κ3) is 3.98. The summed E-state index contributed by atoms with van der Waals surface area (Å²) in [7, 11) is 0. The van der Waals surface area contributed by atoms with E-state index in [4.69, 9.17) is 0 Å². The van der Waals surface area contributed by atoms with Gasteiger partial charge in [0.25, 0.3) is 0 Å². The number of para-hydroxylation sites is 1. The molecule has 1 rings (SSSR count). The molecule has 0 aromatic heterocycles. The standard InChI is InChI=1S/C16H26N2O/c1-6-18(7-2)16(19)13(5)17-15-11-9-8-10-14(15)12(3)4/h8-13,17H,6-7H2,1-5H3. The molecule has 0 radical (unpaired) electrons. The third-order valence-corrected chi connectivity index (χ3v) is 3.40. The lowest BCUT2D eigenvalue weighted by atomic mass is 10.0. The zero-order chi connectivity index (χ0) is 14.4. The van der Waals surface area contributed by atoms with Crippen LogP contribution in [0, 0.1) is 0 Å². The Morgan fingerprint density at radius 3 is 2.26 bits per heavy atom. The summed E-state index contributed by atoms with van der Waals surface area (Å²) in [6.45, 7) is 11.8. The van der Waals surface area contributed by atoms with Gasteiger partial charge in [-0.25, -0.2) is 0 Å².